The Bertz CT molecular complexity index is 105. The molecular weight excluding hydrogens is 132 g/mol. The topological polar surface area (TPSA) is 38.7 Å². The van der Waals surface area contributed by atoms with Crippen LogP contribution in [0.3, 0.4) is 0 Å². The van der Waals surface area contributed by atoms with Crippen LogP contribution >= 0.6 is 0 Å². The van der Waals surface area contributed by atoms with Gasteiger partial charge in [0.15, 0.2) is 6.29 Å². The van der Waals surface area contributed by atoms with Gasteiger partial charge in [-0.15, -0.1) is 0 Å². The van der Waals surface area contributed by atoms with E-state index in [4.69, 9.17) is 9.47 Å². The lowest BCUT2D eigenvalue weighted by Crippen LogP contribution is -2.37. The molecule has 1 heterocycles. The molecule has 1 rings (SSSR count). The molecule has 1 saturated heterocycles. The van der Waals surface area contributed by atoms with Gasteiger partial charge in [-0.3, -0.25) is 0 Å². The van der Waals surface area contributed by atoms with E-state index < -0.39 is 0 Å². The molecule has 1 aliphatic heterocycles. The Kier molecular flexibility index (Phi) is 2.65. The van der Waals surface area contributed by atoms with E-state index in [0.29, 0.717) is 0 Å². The molecule has 0 aliphatic carbocycles. The van der Waals surface area contributed by atoms with Crippen molar-refractivity contribution in [2.45, 2.75) is 38.3 Å². The summed E-state index contributed by atoms with van der Waals surface area (Å²) >= 11 is 0. The van der Waals surface area contributed by atoms with Crippen LogP contribution in [-0.2, 0) is 9.47 Å². The second-order valence-corrected chi connectivity index (χ2v) is 2.65. The van der Waals surface area contributed by atoms with Crippen molar-refractivity contribution < 1.29 is 14.6 Å². The van der Waals surface area contributed by atoms with Gasteiger partial charge in [-0.1, -0.05) is 0 Å². The van der Waals surface area contributed by atoms with Crippen molar-refractivity contribution in [3.8, 4) is 0 Å². The smallest absolute Gasteiger partial charge is 0.157 e. The summed E-state index contributed by atoms with van der Waals surface area (Å²) in [6.45, 7) is 1.86. The van der Waals surface area contributed by atoms with Gasteiger partial charge in [0.1, 0.15) is 0 Å². The molecule has 0 aromatic rings. The van der Waals surface area contributed by atoms with Gasteiger partial charge in [0.25, 0.3) is 0 Å². The molecular formula is C7H14O3. The number of methoxy groups -OCH3 is 1. The van der Waals surface area contributed by atoms with E-state index in [9.17, 15) is 5.11 Å². The number of hydrogen-bond acceptors (Lipinski definition) is 3. The summed E-state index contributed by atoms with van der Waals surface area (Å²) < 4.78 is 10.3. The molecule has 3 atom stereocenters. The molecule has 1 N–H and O–H groups in total. The van der Waals surface area contributed by atoms with E-state index in [1.807, 2.05) is 6.92 Å². The molecule has 1 unspecified atom stereocenters. The van der Waals surface area contributed by atoms with Crippen LogP contribution < -0.4 is 0 Å². The SMILES string of the molecule is COC1CC[C@H](O)[C@@H](C)O1. The Labute approximate surface area is 60.9 Å². The average molecular weight is 146 g/mol. The fourth-order valence-electron chi connectivity index (χ4n) is 1.11. The second-order valence-electron chi connectivity index (χ2n) is 2.65. The molecule has 0 aromatic carbocycles. The maximum Gasteiger partial charge on any atom is 0.157 e. The van der Waals surface area contributed by atoms with Crippen LogP contribution in [0.25, 0.3) is 0 Å². The minimum absolute atomic E-state index is 0.0845. The molecule has 60 valence electrons. The van der Waals surface area contributed by atoms with Crippen LogP contribution in [-0.4, -0.2) is 30.7 Å². The second kappa shape index (κ2) is 3.32. The van der Waals surface area contributed by atoms with Crippen LogP contribution in [0.15, 0.2) is 0 Å². The molecule has 0 amide bonds. The number of hydrogen-bond donors (Lipinski definition) is 1. The standard InChI is InChI=1S/C7H14O3/c1-5-6(8)3-4-7(9-2)10-5/h5-8H,3-4H2,1-2H3/t5-,6+,7?/m1/s1. The van der Waals surface area contributed by atoms with E-state index >= 15 is 0 Å². The third kappa shape index (κ3) is 1.68. The van der Waals surface area contributed by atoms with E-state index in [1.165, 1.54) is 0 Å². The van der Waals surface area contributed by atoms with Crippen molar-refractivity contribution in [1.82, 2.24) is 0 Å². The molecule has 10 heavy (non-hydrogen) atoms. The van der Waals surface area contributed by atoms with E-state index in [0.717, 1.165) is 12.8 Å². The van der Waals surface area contributed by atoms with E-state index in [-0.39, 0.29) is 18.5 Å². The lowest BCUT2D eigenvalue weighted by atomic mass is 10.1. The van der Waals surface area contributed by atoms with Gasteiger partial charge in [-0.2, -0.15) is 0 Å². The Morgan fingerprint density at radius 2 is 2.20 bits per heavy atom. The Morgan fingerprint density at radius 1 is 1.50 bits per heavy atom. The van der Waals surface area contributed by atoms with Crippen molar-refractivity contribution in [1.29, 1.82) is 0 Å². The first kappa shape index (κ1) is 7.98. The molecule has 1 aliphatic rings. The number of aliphatic hydroxyl groups is 1. The Balaban J connectivity index is 2.33. The monoisotopic (exact) mass is 146 g/mol. The third-order valence-electron chi connectivity index (χ3n) is 1.87. The largest absolute Gasteiger partial charge is 0.390 e. The van der Waals surface area contributed by atoms with Gasteiger partial charge >= 0.3 is 0 Å². The first-order valence-corrected chi connectivity index (χ1v) is 3.60. The fourth-order valence-corrected chi connectivity index (χ4v) is 1.11. The Hall–Kier alpha value is -0.120. The normalized spacial score (nSPS) is 41.7. The number of ether oxygens (including phenoxy) is 2. The predicted octanol–water partition coefficient (Wildman–Crippen LogP) is 0.519. The summed E-state index contributed by atoms with van der Waals surface area (Å²) in [5, 5.41) is 9.21. The van der Waals surface area contributed by atoms with Gasteiger partial charge in [0, 0.05) is 13.5 Å². The van der Waals surface area contributed by atoms with Crippen molar-refractivity contribution in [3.05, 3.63) is 0 Å². The van der Waals surface area contributed by atoms with Crippen LogP contribution in [0.2, 0.25) is 0 Å². The van der Waals surface area contributed by atoms with Gasteiger partial charge < -0.3 is 14.6 Å². The fraction of sp³-hybridized carbons (Fsp3) is 1.00. The maximum atomic E-state index is 9.21. The third-order valence-corrected chi connectivity index (χ3v) is 1.87. The summed E-state index contributed by atoms with van der Waals surface area (Å²) in [5.74, 6) is 0. The van der Waals surface area contributed by atoms with Crippen LogP contribution in [0.1, 0.15) is 19.8 Å². The predicted molar refractivity (Wildman–Crippen MR) is 36.6 cm³/mol. The molecule has 0 aromatic heterocycles. The Morgan fingerprint density at radius 3 is 2.70 bits per heavy atom. The molecule has 0 bridgehead atoms. The summed E-state index contributed by atoms with van der Waals surface area (Å²) in [4.78, 5) is 0. The quantitative estimate of drug-likeness (QED) is 0.586. The van der Waals surface area contributed by atoms with E-state index in [1.54, 1.807) is 7.11 Å². The van der Waals surface area contributed by atoms with E-state index in [2.05, 4.69) is 0 Å². The minimum Gasteiger partial charge on any atom is -0.390 e. The molecule has 3 nitrogen and oxygen atoms in total. The van der Waals surface area contributed by atoms with Crippen molar-refractivity contribution in [3.63, 3.8) is 0 Å². The minimum atomic E-state index is -0.314. The van der Waals surface area contributed by atoms with Crippen molar-refractivity contribution in [2.24, 2.45) is 0 Å². The average Bonchev–Trinajstić information content (AvgIpc) is 1.95. The highest BCUT2D eigenvalue weighted by Gasteiger charge is 2.25. The first-order valence-electron chi connectivity index (χ1n) is 3.60. The molecule has 3 heteroatoms. The highest BCUT2D eigenvalue weighted by Crippen LogP contribution is 2.19. The zero-order valence-electron chi connectivity index (χ0n) is 6.41. The van der Waals surface area contributed by atoms with Crippen LogP contribution in [0, 0.1) is 0 Å². The highest BCUT2D eigenvalue weighted by molar-refractivity contribution is 4.70. The zero-order valence-corrected chi connectivity index (χ0v) is 6.41. The maximum absolute atomic E-state index is 9.21. The lowest BCUT2D eigenvalue weighted by molar-refractivity contribution is -0.206. The summed E-state index contributed by atoms with van der Waals surface area (Å²) in [7, 11) is 1.62. The number of aliphatic hydroxyl groups excluding tert-OH is 1. The first-order chi connectivity index (χ1) is 4.74. The number of rotatable bonds is 1. The summed E-state index contributed by atoms with van der Waals surface area (Å²) in [6, 6.07) is 0. The highest BCUT2D eigenvalue weighted by atomic mass is 16.7. The van der Waals surface area contributed by atoms with Gasteiger partial charge in [-0.05, 0) is 13.3 Å². The summed E-state index contributed by atoms with van der Waals surface area (Å²) in [6.07, 6.45) is 1.06. The molecule has 0 saturated carbocycles. The molecule has 0 spiro atoms. The molecule has 1 fully saturated rings. The van der Waals surface area contributed by atoms with Gasteiger partial charge in [0.2, 0.25) is 0 Å². The van der Waals surface area contributed by atoms with Gasteiger partial charge in [-0.25, -0.2) is 0 Å². The zero-order chi connectivity index (χ0) is 7.56. The lowest BCUT2D eigenvalue weighted by Gasteiger charge is -2.30. The summed E-state index contributed by atoms with van der Waals surface area (Å²) in [5.41, 5.74) is 0. The molecule has 0 radical (unpaired) electrons. The van der Waals surface area contributed by atoms with Crippen molar-refractivity contribution >= 4 is 0 Å². The van der Waals surface area contributed by atoms with Gasteiger partial charge in [0.05, 0.1) is 12.2 Å². The van der Waals surface area contributed by atoms with Crippen LogP contribution in [0.5, 0.6) is 0 Å². The van der Waals surface area contributed by atoms with Crippen LogP contribution in [0.4, 0.5) is 0 Å². The van der Waals surface area contributed by atoms with Crippen molar-refractivity contribution in [2.75, 3.05) is 7.11 Å².